The second-order valence-electron chi connectivity index (χ2n) is 4.71. The topological polar surface area (TPSA) is 95.7 Å². The summed E-state index contributed by atoms with van der Waals surface area (Å²) < 4.78 is 4.84. The number of nitrogens with one attached hydrogen (secondary N) is 3. The Balaban J connectivity index is 1.75. The van der Waals surface area contributed by atoms with Gasteiger partial charge in [-0.3, -0.25) is 10.1 Å². The number of aromatic amines is 2. The van der Waals surface area contributed by atoms with Gasteiger partial charge in [-0.05, 0) is 18.1 Å². The largest absolute Gasteiger partial charge is 0.466 e. The minimum Gasteiger partial charge on any atom is -0.466 e. The fourth-order valence-electron chi connectivity index (χ4n) is 2.25. The van der Waals surface area contributed by atoms with Crippen molar-refractivity contribution in [2.75, 3.05) is 12.4 Å². The summed E-state index contributed by atoms with van der Waals surface area (Å²) in [7, 11) is 1.46. The van der Waals surface area contributed by atoms with E-state index < -0.39 is 0 Å². The number of benzene rings is 1. The van der Waals surface area contributed by atoms with E-state index in [4.69, 9.17) is 4.74 Å². The molecule has 1 aromatic carbocycles. The standard InChI is InChI=1S/C14H15N5O2/c1-8-4-3-5-10-9(7-15-12(8)10)6-11(20)16-13-17-14(21-2)19-18-13/h3-5,7,15H,6H2,1-2H3,(H2,16,17,18,19,20). The number of aryl methyl sites for hydroxylation is 1. The molecule has 2 heterocycles. The maximum atomic E-state index is 12.1. The smallest absolute Gasteiger partial charge is 0.336 e. The molecule has 0 radical (unpaired) electrons. The Labute approximate surface area is 120 Å². The van der Waals surface area contributed by atoms with Crippen molar-refractivity contribution < 1.29 is 9.53 Å². The van der Waals surface area contributed by atoms with Crippen LogP contribution in [0.1, 0.15) is 11.1 Å². The van der Waals surface area contributed by atoms with Crippen molar-refractivity contribution in [3.63, 3.8) is 0 Å². The first-order valence-corrected chi connectivity index (χ1v) is 6.49. The van der Waals surface area contributed by atoms with E-state index in [1.54, 1.807) is 0 Å². The first-order chi connectivity index (χ1) is 10.2. The normalized spacial score (nSPS) is 10.8. The first-order valence-electron chi connectivity index (χ1n) is 6.49. The number of methoxy groups -OCH3 is 1. The number of rotatable bonds is 4. The quantitative estimate of drug-likeness (QED) is 0.681. The summed E-state index contributed by atoms with van der Waals surface area (Å²) in [5.74, 6) is 0.101. The third-order valence-electron chi connectivity index (χ3n) is 3.27. The first kappa shape index (κ1) is 13.2. The lowest BCUT2D eigenvalue weighted by Crippen LogP contribution is -2.15. The summed E-state index contributed by atoms with van der Waals surface area (Å²) >= 11 is 0. The van der Waals surface area contributed by atoms with Crippen LogP contribution in [0.4, 0.5) is 5.95 Å². The number of hydrogen-bond donors (Lipinski definition) is 3. The third kappa shape index (κ3) is 2.58. The van der Waals surface area contributed by atoms with E-state index in [-0.39, 0.29) is 24.3 Å². The Morgan fingerprint density at radius 3 is 3.05 bits per heavy atom. The van der Waals surface area contributed by atoms with E-state index in [2.05, 4.69) is 25.5 Å². The zero-order valence-electron chi connectivity index (χ0n) is 11.7. The number of carbonyl (C=O) groups excluding carboxylic acids is 1. The highest BCUT2D eigenvalue weighted by molar-refractivity contribution is 5.95. The molecule has 108 valence electrons. The van der Waals surface area contributed by atoms with Gasteiger partial charge in [-0.25, -0.2) is 5.10 Å². The van der Waals surface area contributed by atoms with Crippen LogP contribution in [0.15, 0.2) is 24.4 Å². The maximum absolute atomic E-state index is 12.1. The molecule has 3 rings (SSSR count). The predicted molar refractivity (Wildman–Crippen MR) is 78.3 cm³/mol. The lowest BCUT2D eigenvalue weighted by Gasteiger charge is -2.01. The van der Waals surface area contributed by atoms with E-state index in [1.807, 2.05) is 31.3 Å². The van der Waals surface area contributed by atoms with Crippen molar-refractivity contribution in [2.45, 2.75) is 13.3 Å². The molecule has 1 amide bonds. The Kier molecular flexibility index (Phi) is 3.31. The summed E-state index contributed by atoms with van der Waals surface area (Å²) in [5.41, 5.74) is 3.15. The number of fused-ring (bicyclic) bond motifs is 1. The molecule has 0 aliphatic carbocycles. The van der Waals surface area contributed by atoms with Gasteiger partial charge in [-0.15, -0.1) is 5.10 Å². The van der Waals surface area contributed by atoms with Crippen molar-refractivity contribution in [1.29, 1.82) is 0 Å². The van der Waals surface area contributed by atoms with E-state index in [0.717, 1.165) is 22.0 Å². The van der Waals surface area contributed by atoms with Crippen LogP contribution >= 0.6 is 0 Å². The Morgan fingerprint density at radius 1 is 1.43 bits per heavy atom. The summed E-state index contributed by atoms with van der Waals surface area (Å²) in [6, 6.07) is 6.20. The minimum absolute atomic E-state index is 0.170. The average molecular weight is 285 g/mol. The lowest BCUT2D eigenvalue weighted by molar-refractivity contribution is -0.115. The molecule has 0 fully saturated rings. The molecule has 0 atom stereocenters. The summed E-state index contributed by atoms with van der Waals surface area (Å²) in [6.07, 6.45) is 2.12. The number of amides is 1. The molecule has 7 nitrogen and oxygen atoms in total. The fraction of sp³-hybridized carbons (Fsp3) is 0.214. The second-order valence-corrected chi connectivity index (χ2v) is 4.71. The Bertz CT molecular complexity index is 790. The second kappa shape index (κ2) is 5.28. The summed E-state index contributed by atoms with van der Waals surface area (Å²) in [5, 5.41) is 10.1. The van der Waals surface area contributed by atoms with Gasteiger partial charge in [0.2, 0.25) is 11.9 Å². The van der Waals surface area contributed by atoms with Crippen molar-refractivity contribution in [1.82, 2.24) is 20.2 Å². The monoisotopic (exact) mass is 285 g/mol. The molecule has 3 N–H and O–H groups in total. The number of H-pyrrole nitrogens is 2. The molecule has 0 saturated carbocycles. The van der Waals surface area contributed by atoms with Crippen LogP contribution in [0, 0.1) is 6.92 Å². The van der Waals surface area contributed by atoms with Crippen molar-refractivity contribution in [3.8, 4) is 6.01 Å². The van der Waals surface area contributed by atoms with Crippen molar-refractivity contribution in [2.24, 2.45) is 0 Å². The van der Waals surface area contributed by atoms with Gasteiger partial charge in [0.25, 0.3) is 0 Å². The lowest BCUT2D eigenvalue weighted by atomic mass is 10.1. The van der Waals surface area contributed by atoms with Gasteiger partial charge in [0.1, 0.15) is 0 Å². The van der Waals surface area contributed by atoms with Gasteiger partial charge in [0.05, 0.1) is 13.5 Å². The van der Waals surface area contributed by atoms with Crippen LogP contribution in [0.25, 0.3) is 10.9 Å². The highest BCUT2D eigenvalue weighted by Crippen LogP contribution is 2.21. The molecule has 0 spiro atoms. The maximum Gasteiger partial charge on any atom is 0.336 e. The van der Waals surface area contributed by atoms with Crippen LogP contribution in [0.3, 0.4) is 0 Å². The molecule has 0 aliphatic rings. The van der Waals surface area contributed by atoms with Crippen LogP contribution in [0.5, 0.6) is 6.01 Å². The molecular weight excluding hydrogens is 270 g/mol. The van der Waals surface area contributed by atoms with Gasteiger partial charge in [0, 0.05) is 17.1 Å². The molecule has 0 saturated heterocycles. The van der Waals surface area contributed by atoms with E-state index in [0.29, 0.717) is 0 Å². The van der Waals surface area contributed by atoms with Crippen LogP contribution in [0.2, 0.25) is 0 Å². The predicted octanol–water partition coefficient (Wildman–Crippen LogP) is 1.78. The zero-order chi connectivity index (χ0) is 14.8. The van der Waals surface area contributed by atoms with Gasteiger partial charge in [-0.1, -0.05) is 18.2 Å². The fourth-order valence-corrected chi connectivity index (χ4v) is 2.25. The number of carbonyl (C=O) groups is 1. The molecule has 0 unspecified atom stereocenters. The highest BCUT2D eigenvalue weighted by Gasteiger charge is 2.12. The van der Waals surface area contributed by atoms with Crippen molar-refractivity contribution >= 4 is 22.8 Å². The average Bonchev–Trinajstić information content (AvgIpc) is 3.07. The zero-order valence-corrected chi connectivity index (χ0v) is 11.7. The Morgan fingerprint density at radius 2 is 2.29 bits per heavy atom. The number of ether oxygens (including phenoxy) is 1. The number of para-hydroxylation sites is 1. The van der Waals surface area contributed by atoms with Gasteiger partial charge in [-0.2, -0.15) is 4.98 Å². The minimum atomic E-state index is -0.170. The number of anilines is 1. The van der Waals surface area contributed by atoms with E-state index >= 15 is 0 Å². The molecular formula is C14H15N5O2. The molecule has 7 heteroatoms. The molecule has 0 aliphatic heterocycles. The highest BCUT2D eigenvalue weighted by atomic mass is 16.5. The van der Waals surface area contributed by atoms with Crippen molar-refractivity contribution in [3.05, 3.63) is 35.5 Å². The number of nitrogens with zero attached hydrogens (tertiary/aromatic N) is 2. The van der Waals surface area contributed by atoms with Gasteiger partial charge in [0.15, 0.2) is 0 Å². The van der Waals surface area contributed by atoms with Gasteiger partial charge < -0.3 is 9.72 Å². The van der Waals surface area contributed by atoms with Gasteiger partial charge >= 0.3 is 6.01 Å². The number of hydrogen-bond acceptors (Lipinski definition) is 4. The molecule has 3 aromatic rings. The summed E-state index contributed by atoms with van der Waals surface area (Å²) in [6.45, 7) is 2.03. The van der Waals surface area contributed by atoms with Crippen LogP contribution < -0.4 is 10.1 Å². The SMILES string of the molecule is COc1n[nH]c(NC(=O)Cc2c[nH]c3c(C)cccc23)n1. The summed E-state index contributed by atoms with van der Waals surface area (Å²) in [4.78, 5) is 19.2. The Hall–Kier alpha value is -2.83. The molecule has 2 aromatic heterocycles. The van der Waals surface area contributed by atoms with Crippen LogP contribution in [-0.4, -0.2) is 33.2 Å². The third-order valence-corrected chi connectivity index (χ3v) is 3.27. The molecule has 21 heavy (non-hydrogen) atoms. The number of aromatic nitrogens is 4. The van der Waals surface area contributed by atoms with E-state index in [9.17, 15) is 4.79 Å². The van der Waals surface area contributed by atoms with Crippen LogP contribution in [-0.2, 0) is 11.2 Å². The van der Waals surface area contributed by atoms with E-state index in [1.165, 1.54) is 7.11 Å². The molecule has 0 bridgehead atoms.